The smallest absolute Gasteiger partial charge is 0.303 e. The van der Waals surface area contributed by atoms with Gasteiger partial charge in [0, 0.05) is 23.5 Å². The highest BCUT2D eigenvalue weighted by atomic mass is 35.5. The van der Waals surface area contributed by atoms with Crippen LogP contribution in [0.5, 0.6) is 0 Å². The van der Waals surface area contributed by atoms with Crippen molar-refractivity contribution in [2.45, 2.75) is 57.0 Å². The lowest BCUT2D eigenvalue weighted by Crippen LogP contribution is -2.41. The number of rotatable bonds is 4. The van der Waals surface area contributed by atoms with Gasteiger partial charge >= 0.3 is 5.97 Å². The summed E-state index contributed by atoms with van der Waals surface area (Å²) in [5.74, 6) is -0.681. The minimum Gasteiger partial charge on any atom is -0.481 e. The molecule has 114 valence electrons. The van der Waals surface area contributed by atoms with Crippen LogP contribution in [0, 0.1) is 0 Å². The third-order valence-electron chi connectivity index (χ3n) is 4.92. The third-order valence-corrected chi connectivity index (χ3v) is 5.15. The molecular weight excluding hydrogens is 286 g/mol. The van der Waals surface area contributed by atoms with Crippen LogP contribution in [0.25, 0.3) is 0 Å². The van der Waals surface area contributed by atoms with Gasteiger partial charge in [-0.05, 0) is 61.9 Å². The molecule has 2 aliphatic rings. The van der Waals surface area contributed by atoms with Crippen molar-refractivity contribution in [2.24, 2.45) is 0 Å². The molecule has 3 rings (SSSR count). The summed E-state index contributed by atoms with van der Waals surface area (Å²) in [5.41, 5.74) is 2.77. The molecule has 4 heteroatoms. The summed E-state index contributed by atoms with van der Waals surface area (Å²) in [6.07, 6.45) is 6.86. The molecule has 1 aliphatic carbocycles. The first-order chi connectivity index (χ1) is 10.1. The topological polar surface area (TPSA) is 40.5 Å². The zero-order valence-electron chi connectivity index (χ0n) is 12.2. The Bertz CT molecular complexity index is 532. The van der Waals surface area contributed by atoms with Crippen molar-refractivity contribution in [1.82, 2.24) is 4.90 Å². The Morgan fingerprint density at radius 1 is 1.33 bits per heavy atom. The number of nitrogens with zero attached hydrogens (tertiary/aromatic N) is 1. The molecule has 0 saturated carbocycles. The van der Waals surface area contributed by atoms with E-state index in [1.807, 2.05) is 6.07 Å². The Labute approximate surface area is 130 Å². The lowest BCUT2D eigenvalue weighted by Gasteiger charge is -2.40. The maximum absolute atomic E-state index is 10.9. The van der Waals surface area contributed by atoms with Gasteiger partial charge in [0.1, 0.15) is 0 Å². The Morgan fingerprint density at radius 2 is 2.19 bits per heavy atom. The largest absolute Gasteiger partial charge is 0.481 e. The molecule has 0 amide bonds. The van der Waals surface area contributed by atoms with Crippen LogP contribution >= 0.6 is 11.6 Å². The molecule has 1 fully saturated rings. The van der Waals surface area contributed by atoms with Crippen molar-refractivity contribution in [3.63, 3.8) is 0 Å². The van der Waals surface area contributed by atoms with Gasteiger partial charge in [-0.2, -0.15) is 0 Å². The Kier molecular flexibility index (Phi) is 4.51. The van der Waals surface area contributed by atoms with E-state index in [9.17, 15) is 4.79 Å². The van der Waals surface area contributed by atoms with Gasteiger partial charge < -0.3 is 5.11 Å². The van der Waals surface area contributed by atoms with E-state index in [1.54, 1.807) is 0 Å². The summed E-state index contributed by atoms with van der Waals surface area (Å²) in [4.78, 5) is 13.4. The molecule has 3 nitrogen and oxygen atoms in total. The van der Waals surface area contributed by atoms with E-state index in [-0.39, 0.29) is 6.42 Å². The van der Waals surface area contributed by atoms with Gasteiger partial charge in [0.25, 0.3) is 0 Å². The molecule has 21 heavy (non-hydrogen) atoms. The Hall–Kier alpha value is -1.06. The van der Waals surface area contributed by atoms with E-state index in [4.69, 9.17) is 16.7 Å². The number of aliphatic carboxylic acids is 1. The SMILES string of the molecule is O=C(O)CCC1CCCCN1C1CCc2cc(Cl)ccc21. The molecule has 1 aliphatic heterocycles. The van der Waals surface area contributed by atoms with Crippen LogP contribution in [-0.4, -0.2) is 28.6 Å². The van der Waals surface area contributed by atoms with Crippen LogP contribution in [-0.2, 0) is 11.2 Å². The number of fused-ring (bicyclic) bond motifs is 1. The van der Waals surface area contributed by atoms with E-state index in [0.717, 1.165) is 37.3 Å². The molecule has 1 aromatic carbocycles. The van der Waals surface area contributed by atoms with Gasteiger partial charge in [-0.25, -0.2) is 0 Å². The molecule has 1 saturated heterocycles. The number of likely N-dealkylation sites (tertiary alicyclic amines) is 1. The van der Waals surface area contributed by atoms with Gasteiger partial charge in [0.05, 0.1) is 0 Å². The first-order valence-corrected chi connectivity index (χ1v) is 8.29. The van der Waals surface area contributed by atoms with E-state index in [0.29, 0.717) is 12.1 Å². The number of hydrogen-bond donors (Lipinski definition) is 1. The van der Waals surface area contributed by atoms with Crippen molar-refractivity contribution >= 4 is 17.6 Å². The van der Waals surface area contributed by atoms with Gasteiger partial charge in [0.2, 0.25) is 0 Å². The highest BCUT2D eigenvalue weighted by molar-refractivity contribution is 6.30. The number of carboxylic acid groups (broad SMARTS) is 1. The summed E-state index contributed by atoms with van der Waals surface area (Å²) < 4.78 is 0. The number of piperidine rings is 1. The van der Waals surface area contributed by atoms with Gasteiger partial charge in [-0.3, -0.25) is 9.69 Å². The average molecular weight is 308 g/mol. The number of aryl methyl sites for hydroxylation is 1. The summed E-state index contributed by atoms with van der Waals surface area (Å²) >= 11 is 6.09. The number of carboxylic acids is 1. The molecule has 2 atom stereocenters. The predicted molar refractivity (Wildman–Crippen MR) is 83.7 cm³/mol. The quantitative estimate of drug-likeness (QED) is 0.912. The molecule has 0 spiro atoms. The van der Waals surface area contributed by atoms with Crippen LogP contribution in [0.4, 0.5) is 0 Å². The standard InChI is InChI=1S/C17H22ClNO2/c18-13-5-7-15-12(11-13)4-8-16(15)19-10-2-1-3-14(19)6-9-17(20)21/h5,7,11,14,16H,1-4,6,8-10H2,(H,20,21). The highest BCUT2D eigenvalue weighted by Gasteiger charge is 2.33. The normalized spacial score (nSPS) is 25.8. The zero-order chi connectivity index (χ0) is 14.8. The van der Waals surface area contributed by atoms with E-state index >= 15 is 0 Å². The van der Waals surface area contributed by atoms with E-state index < -0.39 is 5.97 Å². The second-order valence-corrected chi connectivity index (χ2v) is 6.65. The van der Waals surface area contributed by atoms with E-state index in [2.05, 4.69) is 17.0 Å². The number of carbonyl (C=O) groups is 1. The fourth-order valence-corrected chi connectivity index (χ4v) is 4.14. The maximum atomic E-state index is 10.9. The Balaban J connectivity index is 1.77. The molecule has 2 unspecified atom stereocenters. The molecule has 0 radical (unpaired) electrons. The molecule has 1 heterocycles. The van der Waals surface area contributed by atoms with Crippen LogP contribution in [0.3, 0.4) is 0 Å². The molecule has 0 bridgehead atoms. The van der Waals surface area contributed by atoms with Crippen LogP contribution in [0.15, 0.2) is 18.2 Å². The third kappa shape index (κ3) is 3.24. The summed E-state index contributed by atoms with van der Waals surface area (Å²) in [5, 5.41) is 9.77. The molecule has 1 aromatic rings. The lowest BCUT2D eigenvalue weighted by molar-refractivity contribution is -0.137. The van der Waals surface area contributed by atoms with Gasteiger partial charge in [-0.15, -0.1) is 0 Å². The minimum absolute atomic E-state index is 0.279. The van der Waals surface area contributed by atoms with Crippen LogP contribution in [0.2, 0.25) is 5.02 Å². The summed E-state index contributed by atoms with van der Waals surface area (Å²) in [6.45, 7) is 1.09. The first-order valence-electron chi connectivity index (χ1n) is 7.91. The summed E-state index contributed by atoms with van der Waals surface area (Å²) in [7, 11) is 0. The second-order valence-electron chi connectivity index (χ2n) is 6.22. The molecule has 1 N–H and O–H groups in total. The van der Waals surface area contributed by atoms with Crippen molar-refractivity contribution in [3.8, 4) is 0 Å². The first kappa shape index (κ1) is 14.9. The fourth-order valence-electron chi connectivity index (χ4n) is 3.94. The monoisotopic (exact) mass is 307 g/mol. The van der Waals surface area contributed by atoms with Crippen molar-refractivity contribution in [3.05, 3.63) is 34.3 Å². The Morgan fingerprint density at radius 3 is 3.00 bits per heavy atom. The van der Waals surface area contributed by atoms with Crippen molar-refractivity contribution in [2.75, 3.05) is 6.54 Å². The predicted octanol–water partition coefficient (Wildman–Crippen LogP) is 4.05. The van der Waals surface area contributed by atoms with E-state index in [1.165, 1.54) is 24.0 Å². The molecular formula is C17H22ClNO2. The van der Waals surface area contributed by atoms with Crippen LogP contribution < -0.4 is 0 Å². The molecule has 0 aromatic heterocycles. The lowest BCUT2D eigenvalue weighted by atomic mass is 9.94. The van der Waals surface area contributed by atoms with Gasteiger partial charge in [-0.1, -0.05) is 24.1 Å². The fraction of sp³-hybridized carbons (Fsp3) is 0.588. The highest BCUT2D eigenvalue weighted by Crippen LogP contribution is 2.40. The maximum Gasteiger partial charge on any atom is 0.303 e. The average Bonchev–Trinajstić information content (AvgIpc) is 2.88. The number of benzene rings is 1. The minimum atomic E-state index is -0.681. The zero-order valence-corrected chi connectivity index (χ0v) is 13.0. The van der Waals surface area contributed by atoms with Crippen molar-refractivity contribution in [1.29, 1.82) is 0 Å². The number of hydrogen-bond acceptors (Lipinski definition) is 2. The summed E-state index contributed by atoms with van der Waals surface area (Å²) in [6, 6.07) is 7.11. The van der Waals surface area contributed by atoms with Crippen molar-refractivity contribution < 1.29 is 9.90 Å². The number of halogens is 1. The van der Waals surface area contributed by atoms with Gasteiger partial charge in [0.15, 0.2) is 0 Å². The second kappa shape index (κ2) is 6.37. The van der Waals surface area contributed by atoms with Crippen LogP contribution in [0.1, 0.15) is 55.7 Å².